The van der Waals surface area contributed by atoms with Crippen LogP contribution in [0, 0.1) is 5.92 Å². The summed E-state index contributed by atoms with van der Waals surface area (Å²) in [5, 5.41) is 0. The molecular weight excluding hydrogens is 290 g/mol. The van der Waals surface area contributed by atoms with Crippen molar-refractivity contribution < 1.29 is 9.53 Å². The van der Waals surface area contributed by atoms with Crippen LogP contribution in [0.3, 0.4) is 0 Å². The maximum Gasteiger partial charge on any atom is 0.316 e. The SMILES string of the molecule is O=C(COc1ncccn1)N1CCC(Cc2ccccc2)CC1. The van der Waals surface area contributed by atoms with E-state index in [1.54, 1.807) is 18.5 Å². The van der Waals surface area contributed by atoms with Gasteiger partial charge in [-0.2, -0.15) is 0 Å². The van der Waals surface area contributed by atoms with Gasteiger partial charge in [0.15, 0.2) is 6.61 Å². The number of amides is 1. The van der Waals surface area contributed by atoms with Gasteiger partial charge in [0.05, 0.1) is 0 Å². The van der Waals surface area contributed by atoms with E-state index in [0.717, 1.165) is 32.4 Å². The van der Waals surface area contributed by atoms with Crippen LogP contribution in [0.4, 0.5) is 0 Å². The van der Waals surface area contributed by atoms with Crippen LogP contribution in [0.15, 0.2) is 48.8 Å². The normalized spacial score (nSPS) is 15.4. The van der Waals surface area contributed by atoms with Crippen molar-refractivity contribution >= 4 is 5.91 Å². The number of rotatable bonds is 5. The highest BCUT2D eigenvalue weighted by Gasteiger charge is 2.23. The molecule has 1 saturated heterocycles. The molecule has 0 atom stereocenters. The first kappa shape index (κ1) is 15.5. The number of ether oxygens (including phenoxy) is 1. The van der Waals surface area contributed by atoms with E-state index < -0.39 is 0 Å². The van der Waals surface area contributed by atoms with E-state index in [4.69, 9.17) is 4.74 Å². The topological polar surface area (TPSA) is 55.3 Å². The van der Waals surface area contributed by atoms with E-state index in [2.05, 4.69) is 34.2 Å². The summed E-state index contributed by atoms with van der Waals surface area (Å²) in [7, 11) is 0. The minimum absolute atomic E-state index is 0.00731. The fourth-order valence-corrected chi connectivity index (χ4v) is 2.91. The number of hydrogen-bond donors (Lipinski definition) is 0. The molecule has 1 amide bonds. The van der Waals surface area contributed by atoms with Crippen molar-refractivity contribution in [1.29, 1.82) is 0 Å². The number of nitrogens with zero attached hydrogens (tertiary/aromatic N) is 3. The molecule has 2 aromatic rings. The minimum atomic E-state index is 0.00731. The van der Waals surface area contributed by atoms with E-state index in [1.165, 1.54) is 5.56 Å². The zero-order valence-electron chi connectivity index (χ0n) is 13.1. The molecule has 0 spiro atoms. The zero-order chi connectivity index (χ0) is 15.9. The van der Waals surface area contributed by atoms with Gasteiger partial charge in [0.25, 0.3) is 5.91 Å². The van der Waals surface area contributed by atoms with Crippen molar-refractivity contribution in [3.63, 3.8) is 0 Å². The molecule has 0 N–H and O–H groups in total. The van der Waals surface area contributed by atoms with Crippen molar-refractivity contribution in [3.8, 4) is 6.01 Å². The first-order valence-electron chi connectivity index (χ1n) is 8.03. The second-order valence-corrected chi connectivity index (χ2v) is 5.83. The van der Waals surface area contributed by atoms with Gasteiger partial charge in [-0.25, -0.2) is 9.97 Å². The van der Waals surface area contributed by atoms with Gasteiger partial charge < -0.3 is 9.64 Å². The molecule has 0 aliphatic carbocycles. The molecule has 5 nitrogen and oxygen atoms in total. The van der Waals surface area contributed by atoms with Gasteiger partial charge in [-0.1, -0.05) is 30.3 Å². The number of hydrogen-bond acceptors (Lipinski definition) is 4. The summed E-state index contributed by atoms with van der Waals surface area (Å²) in [4.78, 5) is 22.0. The van der Waals surface area contributed by atoms with Gasteiger partial charge in [-0.3, -0.25) is 4.79 Å². The van der Waals surface area contributed by atoms with Crippen molar-refractivity contribution in [1.82, 2.24) is 14.9 Å². The lowest BCUT2D eigenvalue weighted by atomic mass is 9.90. The molecular formula is C18H21N3O2. The van der Waals surface area contributed by atoms with Crippen LogP contribution in [-0.4, -0.2) is 40.5 Å². The van der Waals surface area contributed by atoms with Crippen molar-refractivity contribution in [2.24, 2.45) is 5.92 Å². The summed E-state index contributed by atoms with van der Waals surface area (Å²) >= 11 is 0. The van der Waals surface area contributed by atoms with Crippen molar-refractivity contribution in [2.45, 2.75) is 19.3 Å². The second-order valence-electron chi connectivity index (χ2n) is 5.83. The average Bonchev–Trinajstić information content (AvgIpc) is 2.62. The summed E-state index contributed by atoms with van der Waals surface area (Å²) in [5.41, 5.74) is 1.38. The minimum Gasteiger partial charge on any atom is -0.453 e. The van der Waals surface area contributed by atoms with Gasteiger partial charge in [0.1, 0.15) is 0 Å². The smallest absolute Gasteiger partial charge is 0.316 e. The maximum atomic E-state index is 12.2. The van der Waals surface area contributed by atoms with Crippen LogP contribution in [0.1, 0.15) is 18.4 Å². The Morgan fingerprint density at radius 2 is 1.78 bits per heavy atom. The highest BCUT2D eigenvalue weighted by atomic mass is 16.5. The summed E-state index contributed by atoms with van der Waals surface area (Å²) in [6.45, 7) is 1.61. The molecule has 2 heterocycles. The van der Waals surface area contributed by atoms with Crippen LogP contribution in [0.25, 0.3) is 0 Å². The Hall–Kier alpha value is -2.43. The van der Waals surface area contributed by atoms with Gasteiger partial charge in [0, 0.05) is 25.5 Å². The number of likely N-dealkylation sites (tertiary alicyclic amines) is 1. The number of carbonyl (C=O) groups is 1. The second kappa shape index (κ2) is 7.72. The predicted octanol–water partition coefficient (Wildman–Crippen LogP) is 2.34. The molecule has 1 aliphatic heterocycles. The van der Waals surface area contributed by atoms with Crippen molar-refractivity contribution in [2.75, 3.05) is 19.7 Å². The largest absolute Gasteiger partial charge is 0.453 e. The standard InChI is InChI=1S/C18H21N3O2/c22-17(14-23-18-19-9-4-10-20-18)21-11-7-16(8-12-21)13-15-5-2-1-3-6-15/h1-6,9-10,16H,7-8,11-14H2. The quantitative estimate of drug-likeness (QED) is 0.850. The molecule has 0 bridgehead atoms. The lowest BCUT2D eigenvalue weighted by molar-refractivity contribution is -0.134. The molecule has 120 valence electrons. The number of aromatic nitrogens is 2. The third-order valence-electron chi connectivity index (χ3n) is 4.20. The Morgan fingerprint density at radius 3 is 2.48 bits per heavy atom. The molecule has 5 heteroatoms. The fraction of sp³-hybridized carbons (Fsp3) is 0.389. The summed E-state index contributed by atoms with van der Waals surface area (Å²) < 4.78 is 5.33. The van der Waals surface area contributed by atoms with Crippen LogP contribution >= 0.6 is 0 Å². The molecule has 1 aromatic carbocycles. The first-order chi connectivity index (χ1) is 11.3. The lowest BCUT2D eigenvalue weighted by Gasteiger charge is -2.32. The Labute approximate surface area is 136 Å². The fourth-order valence-electron chi connectivity index (χ4n) is 2.91. The Balaban J connectivity index is 1.42. The number of piperidine rings is 1. The summed E-state index contributed by atoms with van der Waals surface area (Å²) in [6, 6.07) is 12.5. The van der Waals surface area contributed by atoms with Crippen LogP contribution in [-0.2, 0) is 11.2 Å². The third kappa shape index (κ3) is 4.52. The molecule has 23 heavy (non-hydrogen) atoms. The van der Waals surface area contributed by atoms with E-state index >= 15 is 0 Å². The molecule has 0 radical (unpaired) electrons. The number of carbonyl (C=O) groups excluding carboxylic acids is 1. The van der Waals surface area contributed by atoms with Gasteiger partial charge in [-0.15, -0.1) is 0 Å². The average molecular weight is 311 g/mol. The number of benzene rings is 1. The summed E-state index contributed by atoms with van der Waals surface area (Å²) in [6.07, 6.45) is 6.38. The molecule has 1 aliphatic rings. The highest BCUT2D eigenvalue weighted by Crippen LogP contribution is 2.21. The first-order valence-corrected chi connectivity index (χ1v) is 8.03. The van der Waals surface area contributed by atoms with E-state index in [-0.39, 0.29) is 18.5 Å². The molecule has 0 saturated carbocycles. The van der Waals surface area contributed by atoms with Crippen LogP contribution in [0.2, 0.25) is 0 Å². The molecule has 0 unspecified atom stereocenters. The lowest BCUT2D eigenvalue weighted by Crippen LogP contribution is -2.41. The molecule has 1 aromatic heterocycles. The van der Waals surface area contributed by atoms with Crippen LogP contribution < -0.4 is 4.74 Å². The Kier molecular flexibility index (Phi) is 5.19. The van der Waals surface area contributed by atoms with E-state index in [1.807, 2.05) is 11.0 Å². The van der Waals surface area contributed by atoms with E-state index in [0.29, 0.717) is 5.92 Å². The van der Waals surface area contributed by atoms with Crippen LogP contribution in [0.5, 0.6) is 6.01 Å². The van der Waals surface area contributed by atoms with E-state index in [9.17, 15) is 4.79 Å². The zero-order valence-corrected chi connectivity index (χ0v) is 13.1. The highest BCUT2D eigenvalue weighted by molar-refractivity contribution is 5.77. The Morgan fingerprint density at radius 1 is 1.09 bits per heavy atom. The molecule has 1 fully saturated rings. The van der Waals surface area contributed by atoms with Crippen molar-refractivity contribution in [3.05, 3.63) is 54.4 Å². The summed E-state index contributed by atoms with van der Waals surface area (Å²) in [5.74, 6) is 0.662. The van der Waals surface area contributed by atoms with Gasteiger partial charge >= 0.3 is 6.01 Å². The Bertz CT molecular complexity index is 611. The maximum absolute atomic E-state index is 12.2. The third-order valence-corrected chi connectivity index (χ3v) is 4.20. The molecule has 3 rings (SSSR count). The van der Waals surface area contributed by atoms with Gasteiger partial charge in [0.2, 0.25) is 0 Å². The van der Waals surface area contributed by atoms with Gasteiger partial charge in [-0.05, 0) is 36.8 Å². The predicted molar refractivity (Wildman–Crippen MR) is 87.0 cm³/mol. The monoisotopic (exact) mass is 311 g/mol.